The van der Waals surface area contributed by atoms with Crippen molar-refractivity contribution in [1.82, 2.24) is 0 Å². The van der Waals surface area contributed by atoms with Crippen molar-refractivity contribution >= 4 is 34.9 Å². The van der Waals surface area contributed by atoms with Crippen LogP contribution in [0.25, 0.3) is 0 Å². The van der Waals surface area contributed by atoms with Gasteiger partial charge in [0.2, 0.25) is 5.91 Å². The summed E-state index contributed by atoms with van der Waals surface area (Å²) < 4.78 is 10.2. The van der Waals surface area contributed by atoms with E-state index in [1.54, 1.807) is 18.2 Å². The number of ether oxygens (including phenoxy) is 2. The maximum Gasteiger partial charge on any atom is 0.337 e. The number of methoxy groups -OCH3 is 1. The summed E-state index contributed by atoms with van der Waals surface area (Å²) >= 11 is 0. The van der Waals surface area contributed by atoms with E-state index in [2.05, 4.69) is 5.32 Å². The second-order valence-corrected chi connectivity index (χ2v) is 9.51. The van der Waals surface area contributed by atoms with Crippen LogP contribution < -0.4 is 5.32 Å². The van der Waals surface area contributed by atoms with Gasteiger partial charge in [-0.3, -0.25) is 14.6 Å². The largest absolute Gasteiger partial charge is 0.465 e. The standard InChI is InChI=1S/C29H28N2O5/c1-29(2,3)36-24(32)16-18-10-13-21(14-11-18)30-26(19-8-6-5-7-9-19)25-22-15-12-20(28(34)35-4)17-23(22)31-27(25)33/h5-15,17,25H,16H2,1-4H3,(H,31,33). The van der Waals surface area contributed by atoms with E-state index in [9.17, 15) is 14.4 Å². The molecular weight excluding hydrogens is 456 g/mol. The number of rotatable bonds is 6. The number of hydrogen-bond acceptors (Lipinski definition) is 6. The van der Waals surface area contributed by atoms with E-state index in [4.69, 9.17) is 14.5 Å². The summed E-state index contributed by atoms with van der Waals surface area (Å²) in [5.74, 6) is -1.65. The number of amides is 1. The lowest BCUT2D eigenvalue weighted by atomic mass is 9.90. The third-order valence-corrected chi connectivity index (χ3v) is 5.60. The molecule has 0 bridgehead atoms. The van der Waals surface area contributed by atoms with Crippen LogP contribution in [0.4, 0.5) is 11.4 Å². The van der Waals surface area contributed by atoms with E-state index in [0.717, 1.165) is 16.7 Å². The Morgan fingerprint density at radius 1 is 0.944 bits per heavy atom. The summed E-state index contributed by atoms with van der Waals surface area (Å²) in [5.41, 5.74) is 3.95. The molecule has 0 aromatic heterocycles. The summed E-state index contributed by atoms with van der Waals surface area (Å²) in [7, 11) is 1.32. The second kappa shape index (κ2) is 10.2. The molecule has 36 heavy (non-hydrogen) atoms. The minimum Gasteiger partial charge on any atom is -0.465 e. The molecule has 3 aromatic rings. The number of benzene rings is 3. The molecule has 1 amide bonds. The summed E-state index contributed by atoms with van der Waals surface area (Å²) in [6.45, 7) is 5.50. The predicted molar refractivity (Wildman–Crippen MR) is 138 cm³/mol. The fourth-order valence-electron chi connectivity index (χ4n) is 4.06. The van der Waals surface area contributed by atoms with Crippen molar-refractivity contribution in [2.75, 3.05) is 12.4 Å². The first-order valence-corrected chi connectivity index (χ1v) is 11.6. The average Bonchev–Trinajstić information content (AvgIpc) is 3.17. The Labute approximate surface area is 210 Å². The van der Waals surface area contributed by atoms with Crippen molar-refractivity contribution in [3.8, 4) is 0 Å². The number of carbonyl (C=O) groups is 3. The van der Waals surface area contributed by atoms with E-state index >= 15 is 0 Å². The zero-order valence-electron chi connectivity index (χ0n) is 20.7. The third kappa shape index (κ3) is 5.68. The molecule has 7 nitrogen and oxygen atoms in total. The molecule has 1 heterocycles. The van der Waals surface area contributed by atoms with Crippen LogP contribution in [-0.2, 0) is 25.5 Å². The number of anilines is 1. The number of fused-ring (bicyclic) bond motifs is 1. The number of carbonyl (C=O) groups excluding carboxylic acids is 3. The fraction of sp³-hybridized carbons (Fsp3) is 0.241. The Balaban J connectivity index is 1.67. The molecule has 1 aliphatic rings. The topological polar surface area (TPSA) is 94.1 Å². The van der Waals surface area contributed by atoms with Crippen molar-refractivity contribution in [1.29, 1.82) is 0 Å². The highest BCUT2D eigenvalue weighted by atomic mass is 16.6. The quantitative estimate of drug-likeness (QED) is 0.383. The van der Waals surface area contributed by atoms with Crippen molar-refractivity contribution in [3.63, 3.8) is 0 Å². The normalized spacial score (nSPS) is 15.2. The molecule has 0 spiro atoms. The Bertz CT molecular complexity index is 1320. The highest BCUT2D eigenvalue weighted by Crippen LogP contribution is 2.37. The minimum atomic E-state index is -0.657. The zero-order chi connectivity index (χ0) is 25.9. The molecular formula is C29H28N2O5. The summed E-state index contributed by atoms with van der Waals surface area (Å²) in [6, 6.07) is 21.8. The summed E-state index contributed by atoms with van der Waals surface area (Å²) in [4.78, 5) is 42.1. The van der Waals surface area contributed by atoms with Gasteiger partial charge in [-0.2, -0.15) is 0 Å². The molecule has 0 fully saturated rings. The van der Waals surface area contributed by atoms with Gasteiger partial charge < -0.3 is 14.8 Å². The van der Waals surface area contributed by atoms with Gasteiger partial charge in [0.1, 0.15) is 11.5 Å². The van der Waals surface area contributed by atoms with Gasteiger partial charge in [0.25, 0.3) is 0 Å². The monoisotopic (exact) mass is 484 g/mol. The Hall–Kier alpha value is -4.26. The van der Waals surface area contributed by atoms with Gasteiger partial charge in [0.15, 0.2) is 0 Å². The lowest BCUT2D eigenvalue weighted by molar-refractivity contribution is -0.153. The summed E-state index contributed by atoms with van der Waals surface area (Å²) in [5, 5.41) is 2.87. The van der Waals surface area contributed by atoms with Crippen LogP contribution >= 0.6 is 0 Å². The maximum absolute atomic E-state index is 13.1. The average molecular weight is 485 g/mol. The maximum atomic E-state index is 13.1. The van der Waals surface area contributed by atoms with Crippen LogP contribution in [0.1, 0.15) is 53.7 Å². The Morgan fingerprint density at radius 3 is 2.28 bits per heavy atom. The highest BCUT2D eigenvalue weighted by molar-refractivity contribution is 6.24. The first kappa shape index (κ1) is 24.9. The van der Waals surface area contributed by atoms with Crippen molar-refractivity contribution in [2.45, 2.75) is 38.7 Å². The van der Waals surface area contributed by atoms with Crippen molar-refractivity contribution < 1.29 is 23.9 Å². The Morgan fingerprint density at radius 2 is 1.64 bits per heavy atom. The van der Waals surface area contributed by atoms with Gasteiger partial charge >= 0.3 is 11.9 Å². The molecule has 4 rings (SSSR count). The van der Waals surface area contributed by atoms with Gasteiger partial charge in [0.05, 0.1) is 30.5 Å². The number of esters is 2. The fourth-order valence-corrected chi connectivity index (χ4v) is 4.06. The van der Waals surface area contributed by atoms with Gasteiger partial charge in [-0.25, -0.2) is 4.79 Å². The molecule has 184 valence electrons. The minimum absolute atomic E-state index is 0.160. The zero-order valence-corrected chi connectivity index (χ0v) is 20.7. The second-order valence-electron chi connectivity index (χ2n) is 9.51. The van der Waals surface area contributed by atoms with Crippen LogP contribution in [-0.4, -0.2) is 36.3 Å². The van der Waals surface area contributed by atoms with Crippen LogP contribution in [0.15, 0.2) is 77.8 Å². The van der Waals surface area contributed by atoms with Gasteiger partial charge in [-0.05, 0) is 61.7 Å². The smallest absolute Gasteiger partial charge is 0.337 e. The van der Waals surface area contributed by atoms with Crippen LogP contribution in [0.3, 0.4) is 0 Å². The molecule has 1 aliphatic heterocycles. The van der Waals surface area contributed by atoms with Crippen LogP contribution in [0, 0.1) is 0 Å². The first-order chi connectivity index (χ1) is 17.1. The van der Waals surface area contributed by atoms with E-state index in [-0.39, 0.29) is 18.3 Å². The Kier molecular flexibility index (Phi) is 7.01. The van der Waals surface area contributed by atoms with E-state index in [1.807, 2.05) is 75.4 Å². The summed E-state index contributed by atoms with van der Waals surface area (Å²) in [6.07, 6.45) is 0.160. The molecule has 0 saturated heterocycles. The van der Waals surface area contributed by atoms with Crippen LogP contribution in [0.5, 0.6) is 0 Å². The predicted octanol–water partition coefficient (Wildman–Crippen LogP) is 5.21. The first-order valence-electron chi connectivity index (χ1n) is 11.6. The molecule has 0 aliphatic carbocycles. The van der Waals surface area contributed by atoms with Crippen LogP contribution in [0.2, 0.25) is 0 Å². The van der Waals surface area contributed by atoms with E-state index in [0.29, 0.717) is 22.6 Å². The molecule has 3 aromatic carbocycles. The third-order valence-electron chi connectivity index (χ3n) is 5.60. The lowest BCUT2D eigenvalue weighted by Gasteiger charge is -2.19. The molecule has 1 unspecified atom stereocenters. The van der Waals surface area contributed by atoms with Gasteiger partial charge in [-0.1, -0.05) is 48.5 Å². The van der Waals surface area contributed by atoms with E-state index < -0.39 is 17.5 Å². The number of aliphatic imine (C=N–C) groups is 1. The number of hydrogen-bond donors (Lipinski definition) is 1. The molecule has 0 radical (unpaired) electrons. The van der Waals surface area contributed by atoms with Crippen molar-refractivity contribution in [2.24, 2.45) is 4.99 Å². The van der Waals surface area contributed by atoms with Crippen molar-refractivity contribution in [3.05, 3.63) is 95.1 Å². The molecule has 0 saturated carbocycles. The highest BCUT2D eigenvalue weighted by Gasteiger charge is 2.36. The van der Waals surface area contributed by atoms with Gasteiger partial charge in [-0.15, -0.1) is 0 Å². The lowest BCUT2D eigenvalue weighted by Crippen LogP contribution is -2.24. The van der Waals surface area contributed by atoms with E-state index in [1.165, 1.54) is 7.11 Å². The van der Waals surface area contributed by atoms with Gasteiger partial charge in [0, 0.05) is 5.69 Å². The molecule has 1 atom stereocenters. The molecule has 1 N–H and O–H groups in total. The SMILES string of the molecule is COC(=O)c1ccc2c(c1)NC(=O)C2C(=Nc1ccc(CC(=O)OC(C)(C)C)cc1)c1ccccc1. The molecule has 7 heteroatoms. The number of nitrogens with one attached hydrogen (secondary N) is 1. The number of nitrogens with zero attached hydrogens (tertiary/aromatic N) is 1.